The van der Waals surface area contributed by atoms with E-state index in [0.717, 1.165) is 10.4 Å². The molecule has 2 N–H and O–H groups in total. The highest BCUT2D eigenvalue weighted by atomic mass is 32.2. The van der Waals surface area contributed by atoms with Crippen LogP contribution in [-0.2, 0) is 30.9 Å². The lowest BCUT2D eigenvalue weighted by atomic mass is 10.3. The molecule has 1 unspecified atom stereocenters. The van der Waals surface area contributed by atoms with Crippen LogP contribution in [0.25, 0.3) is 0 Å². The minimum absolute atomic E-state index is 0.0100. The zero-order valence-corrected chi connectivity index (χ0v) is 16.4. The Labute approximate surface area is 171 Å². The quantitative estimate of drug-likeness (QED) is 0.617. The molecule has 0 spiro atoms. The van der Waals surface area contributed by atoms with E-state index in [4.69, 9.17) is 4.74 Å². The monoisotopic (exact) mass is 440 g/mol. The summed E-state index contributed by atoms with van der Waals surface area (Å²) in [6.07, 6.45) is 1.92. The van der Waals surface area contributed by atoms with Crippen molar-refractivity contribution >= 4 is 21.8 Å². The van der Waals surface area contributed by atoms with Gasteiger partial charge in [-0.1, -0.05) is 6.07 Å². The number of halogens is 2. The smallest absolute Gasteiger partial charge is 0.309 e. The van der Waals surface area contributed by atoms with Gasteiger partial charge >= 0.3 is 11.8 Å². The molecule has 1 aliphatic rings. The summed E-state index contributed by atoms with van der Waals surface area (Å²) in [5.74, 6) is -3.95. The predicted molar refractivity (Wildman–Crippen MR) is 99.1 cm³/mol. The normalized spacial score (nSPS) is 16.9. The molecule has 30 heavy (non-hydrogen) atoms. The number of benzene rings is 1. The van der Waals surface area contributed by atoms with E-state index in [1.165, 1.54) is 6.20 Å². The number of ether oxygens (including phenoxy) is 1. The molecule has 1 aromatic heterocycles. The number of amides is 2. The number of carbonyl (C=O) groups excluding carboxylic acids is 2. The molecule has 0 aliphatic carbocycles. The SMILES string of the molecule is O=C(NCc1cccnc1)C(=O)NCC1OCCN1S(=O)(=O)c1cc(F)ccc1F. The lowest BCUT2D eigenvalue weighted by Gasteiger charge is -2.23. The fourth-order valence-corrected chi connectivity index (χ4v) is 4.36. The van der Waals surface area contributed by atoms with Crippen LogP contribution in [-0.4, -0.2) is 55.4 Å². The van der Waals surface area contributed by atoms with Crippen molar-refractivity contribution in [1.82, 2.24) is 19.9 Å². The van der Waals surface area contributed by atoms with Crippen molar-refractivity contribution in [3.63, 3.8) is 0 Å². The minimum atomic E-state index is -4.42. The number of hydrogen-bond donors (Lipinski definition) is 2. The fraction of sp³-hybridized carbons (Fsp3) is 0.278. The summed E-state index contributed by atoms with van der Waals surface area (Å²) in [6, 6.07) is 5.48. The van der Waals surface area contributed by atoms with Crippen molar-refractivity contribution in [2.75, 3.05) is 19.7 Å². The Kier molecular flexibility index (Phi) is 6.70. The Morgan fingerprint density at radius 1 is 1.20 bits per heavy atom. The van der Waals surface area contributed by atoms with Gasteiger partial charge in [-0.25, -0.2) is 17.2 Å². The number of nitrogens with zero attached hydrogens (tertiary/aromatic N) is 2. The van der Waals surface area contributed by atoms with E-state index in [1.54, 1.807) is 18.3 Å². The van der Waals surface area contributed by atoms with Crippen molar-refractivity contribution in [2.45, 2.75) is 17.7 Å². The first kappa shape index (κ1) is 21.7. The maximum Gasteiger partial charge on any atom is 0.309 e. The molecule has 1 atom stereocenters. The van der Waals surface area contributed by atoms with Crippen LogP contribution < -0.4 is 10.6 Å². The number of nitrogens with one attached hydrogen (secondary N) is 2. The molecule has 0 bridgehead atoms. The Morgan fingerprint density at radius 3 is 2.70 bits per heavy atom. The molecule has 0 radical (unpaired) electrons. The second kappa shape index (κ2) is 9.24. The Bertz CT molecular complexity index is 1040. The third kappa shape index (κ3) is 4.96. The van der Waals surface area contributed by atoms with Gasteiger partial charge in [0.15, 0.2) is 0 Å². The first-order valence-electron chi connectivity index (χ1n) is 8.82. The third-order valence-electron chi connectivity index (χ3n) is 4.24. The van der Waals surface area contributed by atoms with Crippen LogP contribution in [0.5, 0.6) is 0 Å². The van der Waals surface area contributed by atoms with Gasteiger partial charge in [-0.15, -0.1) is 0 Å². The molecule has 1 aliphatic heterocycles. The van der Waals surface area contributed by atoms with Crippen LogP contribution in [0.15, 0.2) is 47.6 Å². The van der Waals surface area contributed by atoms with Crippen LogP contribution in [0.1, 0.15) is 5.56 Å². The summed E-state index contributed by atoms with van der Waals surface area (Å²) in [7, 11) is -4.42. The van der Waals surface area contributed by atoms with Crippen LogP contribution in [0.4, 0.5) is 8.78 Å². The fourth-order valence-electron chi connectivity index (χ4n) is 2.77. The summed E-state index contributed by atoms with van der Waals surface area (Å²) < 4.78 is 58.8. The molecule has 0 saturated carbocycles. The zero-order valence-electron chi connectivity index (χ0n) is 15.5. The molecular weight excluding hydrogens is 422 g/mol. The molecular formula is C18H18F2N4O5S. The second-order valence-electron chi connectivity index (χ2n) is 6.27. The van der Waals surface area contributed by atoms with Crippen molar-refractivity contribution in [1.29, 1.82) is 0 Å². The first-order chi connectivity index (χ1) is 14.3. The van der Waals surface area contributed by atoms with E-state index in [2.05, 4.69) is 15.6 Å². The molecule has 3 rings (SSSR count). The molecule has 9 nitrogen and oxygen atoms in total. The summed E-state index contributed by atoms with van der Waals surface area (Å²) >= 11 is 0. The molecule has 1 saturated heterocycles. The summed E-state index contributed by atoms with van der Waals surface area (Å²) in [6.45, 7) is -0.398. The average Bonchev–Trinajstić information content (AvgIpc) is 3.22. The van der Waals surface area contributed by atoms with E-state index < -0.39 is 44.6 Å². The highest BCUT2D eigenvalue weighted by Crippen LogP contribution is 2.24. The zero-order chi connectivity index (χ0) is 21.7. The maximum absolute atomic E-state index is 13.9. The molecule has 160 valence electrons. The number of hydrogen-bond acceptors (Lipinski definition) is 6. The Balaban J connectivity index is 1.60. The van der Waals surface area contributed by atoms with Gasteiger partial charge in [-0.2, -0.15) is 4.31 Å². The van der Waals surface area contributed by atoms with Crippen molar-refractivity contribution in [3.8, 4) is 0 Å². The molecule has 2 amide bonds. The molecule has 1 aromatic carbocycles. The average molecular weight is 440 g/mol. The van der Waals surface area contributed by atoms with E-state index in [1.807, 2.05) is 0 Å². The third-order valence-corrected chi connectivity index (χ3v) is 6.15. The molecule has 12 heteroatoms. The second-order valence-corrected chi connectivity index (χ2v) is 8.13. The van der Waals surface area contributed by atoms with E-state index in [0.29, 0.717) is 17.7 Å². The minimum Gasteiger partial charge on any atom is -0.359 e. The predicted octanol–water partition coefficient (Wildman–Crippen LogP) is 0.139. The topological polar surface area (TPSA) is 118 Å². The van der Waals surface area contributed by atoms with Crippen LogP contribution >= 0.6 is 0 Å². The maximum atomic E-state index is 13.9. The number of aromatic nitrogens is 1. The Morgan fingerprint density at radius 2 is 1.97 bits per heavy atom. The number of pyridine rings is 1. The van der Waals surface area contributed by atoms with Gasteiger partial charge < -0.3 is 15.4 Å². The molecule has 2 heterocycles. The number of sulfonamides is 1. The van der Waals surface area contributed by atoms with Crippen LogP contribution in [0.3, 0.4) is 0 Å². The lowest BCUT2D eigenvalue weighted by Crippen LogP contribution is -2.47. The van der Waals surface area contributed by atoms with Crippen molar-refractivity contribution < 1.29 is 31.5 Å². The van der Waals surface area contributed by atoms with Crippen LogP contribution in [0, 0.1) is 11.6 Å². The highest BCUT2D eigenvalue weighted by Gasteiger charge is 2.38. The summed E-state index contributed by atoms with van der Waals surface area (Å²) in [5.41, 5.74) is 0.687. The molecule has 1 fully saturated rings. The van der Waals surface area contributed by atoms with Crippen molar-refractivity contribution in [2.24, 2.45) is 0 Å². The van der Waals surface area contributed by atoms with Gasteiger partial charge in [0.2, 0.25) is 10.0 Å². The lowest BCUT2D eigenvalue weighted by molar-refractivity contribution is -0.139. The summed E-state index contributed by atoms with van der Waals surface area (Å²) in [4.78, 5) is 26.9. The first-order valence-corrected chi connectivity index (χ1v) is 10.3. The largest absolute Gasteiger partial charge is 0.359 e. The summed E-state index contributed by atoms with van der Waals surface area (Å²) in [5, 5.41) is 4.67. The van der Waals surface area contributed by atoms with Gasteiger partial charge in [0.1, 0.15) is 22.8 Å². The molecule has 2 aromatic rings. The van der Waals surface area contributed by atoms with Crippen LogP contribution in [0.2, 0.25) is 0 Å². The number of carbonyl (C=O) groups is 2. The standard InChI is InChI=1S/C18H18F2N4O5S/c19-13-3-4-14(20)15(8-13)30(27,28)24-6-7-29-16(24)11-23-18(26)17(25)22-10-12-2-1-5-21-9-12/h1-5,8-9,16H,6-7,10-11H2,(H,22,25)(H,23,26). The Hall–Kier alpha value is -2.96. The highest BCUT2D eigenvalue weighted by molar-refractivity contribution is 7.89. The van der Waals surface area contributed by atoms with E-state index in [-0.39, 0.29) is 26.2 Å². The van der Waals surface area contributed by atoms with Crippen molar-refractivity contribution in [3.05, 3.63) is 59.9 Å². The van der Waals surface area contributed by atoms with Gasteiger partial charge in [0.25, 0.3) is 0 Å². The van der Waals surface area contributed by atoms with Gasteiger partial charge in [0, 0.05) is 25.5 Å². The van der Waals surface area contributed by atoms with E-state index >= 15 is 0 Å². The van der Waals surface area contributed by atoms with Gasteiger partial charge in [-0.05, 0) is 29.8 Å². The van der Waals surface area contributed by atoms with Gasteiger partial charge in [0.05, 0.1) is 13.2 Å². The number of rotatable bonds is 6. The van der Waals surface area contributed by atoms with E-state index in [9.17, 15) is 26.8 Å². The van der Waals surface area contributed by atoms with Gasteiger partial charge in [-0.3, -0.25) is 14.6 Å².